The Bertz CT molecular complexity index is 719. The zero-order valence-electron chi connectivity index (χ0n) is 18.6. The molecule has 4 unspecified atom stereocenters. The largest absolute Gasteiger partial charge is 0.462 e. The molecule has 0 aromatic rings. The Morgan fingerprint density at radius 3 is 2.39 bits per heavy atom. The van der Waals surface area contributed by atoms with Crippen LogP contribution in [-0.2, 0) is 14.3 Å². The summed E-state index contributed by atoms with van der Waals surface area (Å²) in [5.41, 5.74) is 2.06. The van der Waals surface area contributed by atoms with Crippen LogP contribution in [0, 0.1) is 39.9 Å². The van der Waals surface area contributed by atoms with E-state index in [9.17, 15) is 9.59 Å². The smallest absolute Gasteiger partial charge is 0.302 e. The zero-order chi connectivity index (χ0) is 20.5. The average molecular weight is 387 g/mol. The number of rotatable bonds is 2. The molecular formula is C25H38O3. The second kappa shape index (κ2) is 6.44. The van der Waals surface area contributed by atoms with Crippen LogP contribution in [-0.4, -0.2) is 17.9 Å². The van der Waals surface area contributed by atoms with Gasteiger partial charge < -0.3 is 4.74 Å². The van der Waals surface area contributed by atoms with Crippen molar-refractivity contribution in [2.24, 2.45) is 39.9 Å². The van der Waals surface area contributed by atoms with Gasteiger partial charge in [0.05, 0.1) is 0 Å². The van der Waals surface area contributed by atoms with E-state index in [2.05, 4.69) is 33.8 Å². The number of hydrogen-bond acceptors (Lipinski definition) is 3. The predicted molar refractivity (Wildman–Crippen MR) is 111 cm³/mol. The first-order valence-electron chi connectivity index (χ1n) is 11.4. The fraction of sp³-hybridized carbons (Fsp3) is 0.840. The van der Waals surface area contributed by atoms with Crippen molar-refractivity contribution in [3.63, 3.8) is 0 Å². The fourth-order valence-electron chi connectivity index (χ4n) is 8.65. The summed E-state index contributed by atoms with van der Waals surface area (Å²) in [4.78, 5) is 24.1. The van der Waals surface area contributed by atoms with Crippen molar-refractivity contribution in [1.29, 1.82) is 0 Å². The molecule has 0 N–H and O–H groups in total. The van der Waals surface area contributed by atoms with Gasteiger partial charge in [-0.05, 0) is 79.4 Å². The molecule has 0 radical (unpaired) electrons. The normalized spacial score (nSPS) is 46.6. The summed E-state index contributed by atoms with van der Waals surface area (Å²) >= 11 is 0. The van der Waals surface area contributed by atoms with E-state index in [1.807, 2.05) is 6.92 Å². The minimum atomic E-state index is -0.153. The molecule has 0 aliphatic heterocycles. The van der Waals surface area contributed by atoms with Crippen LogP contribution < -0.4 is 0 Å². The minimum absolute atomic E-state index is 0.0646. The maximum atomic E-state index is 12.6. The van der Waals surface area contributed by atoms with Crippen LogP contribution >= 0.6 is 0 Å². The topological polar surface area (TPSA) is 43.4 Å². The summed E-state index contributed by atoms with van der Waals surface area (Å²) in [5, 5.41) is 0. The molecule has 28 heavy (non-hydrogen) atoms. The molecule has 3 nitrogen and oxygen atoms in total. The number of esters is 1. The lowest BCUT2D eigenvalue weighted by Crippen LogP contribution is -2.51. The van der Waals surface area contributed by atoms with Gasteiger partial charge in [-0.3, -0.25) is 9.59 Å². The van der Waals surface area contributed by atoms with Crippen molar-refractivity contribution in [3.05, 3.63) is 11.6 Å². The maximum absolute atomic E-state index is 12.6. The molecule has 156 valence electrons. The van der Waals surface area contributed by atoms with Gasteiger partial charge in [0.1, 0.15) is 11.9 Å². The number of fused-ring (bicyclic) bond motifs is 5. The fourth-order valence-corrected chi connectivity index (χ4v) is 8.65. The number of Topliss-reactive ketones (excluding diaryl/α,β-unsaturated/α-hetero) is 1. The third-order valence-corrected chi connectivity index (χ3v) is 9.42. The molecule has 0 heterocycles. The predicted octanol–water partition coefficient (Wildman–Crippen LogP) is 5.72. The van der Waals surface area contributed by atoms with Crippen molar-refractivity contribution in [2.45, 2.75) is 92.6 Å². The summed E-state index contributed by atoms with van der Waals surface area (Å²) in [7, 11) is 0. The summed E-state index contributed by atoms with van der Waals surface area (Å²) in [5.74, 6) is 2.50. The van der Waals surface area contributed by atoms with Gasteiger partial charge in [-0.1, -0.05) is 39.3 Å². The Kier molecular flexibility index (Phi) is 4.64. The van der Waals surface area contributed by atoms with Gasteiger partial charge in [0, 0.05) is 19.3 Å². The van der Waals surface area contributed by atoms with Crippen LogP contribution in [0.25, 0.3) is 0 Å². The van der Waals surface area contributed by atoms with Crippen LogP contribution in [0.1, 0.15) is 86.5 Å². The van der Waals surface area contributed by atoms with E-state index >= 15 is 0 Å². The van der Waals surface area contributed by atoms with Gasteiger partial charge in [-0.15, -0.1) is 0 Å². The molecule has 0 amide bonds. The highest BCUT2D eigenvalue weighted by Gasteiger charge is 2.64. The van der Waals surface area contributed by atoms with Crippen LogP contribution in [0.3, 0.4) is 0 Å². The lowest BCUT2D eigenvalue weighted by molar-refractivity contribution is -0.149. The molecule has 0 aromatic carbocycles. The number of ether oxygens (including phenoxy) is 1. The average Bonchev–Trinajstić information content (AvgIpc) is 2.79. The van der Waals surface area contributed by atoms with Gasteiger partial charge in [0.2, 0.25) is 0 Å². The van der Waals surface area contributed by atoms with Gasteiger partial charge in [-0.2, -0.15) is 0 Å². The molecular weight excluding hydrogens is 348 g/mol. The minimum Gasteiger partial charge on any atom is -0.462 e. The van der Waals surface area contributed by atoms with Gasteiger partial charge in [-0.25, -0.2) is 0 Å². The van der Waals surface area contributed by atoms with Crippen LogP contribution in [0.15, 0.2) is 11.6 Å². The van der Waals surface area contributed by atoms with Gasteiger partial charge in [0.25, 0.3) is 0 Å². The van der Waals surface area contributed by atoms with Crippen LogP contribution in [0.5, 0.6) is 0 Å². The Labute approximate surface area is 170 Å². The lowest BCUT2D eigenvalue weighted by atomic mass is 9.47. The summed E-state index contributed by atoms with van der Waals surface area (Å²) in [6.07, 6.45) is 10.3. The summed E-state index contributed by atoms with van der Waals surface area (Å²) < 4.78 is 5.56. The second-order valence-corrected chi connectivity index (χ2v) is 11.5. The first-order valence-corrected chi connectivity index (χ1v) is 11.4. The van der Waals surface area contributed by atoms with E-state index in [0.717, 1.165) is 25.7 Å². The molecule has 0 spiro atoms. The highest BCUT2D eigenvalue weighted by atomic mass is 16.5. The third-order valence-electron chi connectivity index (χ3n) is 9.42. The Morgan fingerprint density at radius 1 is 1.04 bits per heavy atom. The Balaban J connectivity index is 1.63. The molecule has 4 rings (SSSR count). The highest BCUT2D eigenvalue weighted by Crippen LogP contribution is 2.69. The SMILES string of the molecule is CC(=O)OC1CC[C@@]2(C)C(=CCC3C2CC[C@@]2(C)C3CC(C)(C)[C@@H]2C(C)=O)C1. The molecule has 3 heteroatoms. The molecule has 0 saturated heterocycles. The van der Waals surface area contributed by atoms with Crippen molar-refractivity contribution in [1.82, 2.24) is 0 Å². The Hall–Kier alpha value is -1.12. The molecule has 3 fully saturated rings. The molecule has 7 atom stereocenters. The van der Waals surface area contributed by atoms with E-state index in [1.165, 1.54) is 31.8 Å². The molecule has 0 bridgehead atoms. The van der Waals surface area contributed by atoms with Gasteiger partial charge in [0.15, 0.2) is 0 Å². The quantitative estimate of drug-likeness (QED) is 0.450. The lowest BCUT2D eigenvalue weighted by Gasteiger charge is -2.58. The number of carbonyl (C=O) groups is 2. The summed E-state index contributed by atoms with van der Waals surface area (Å²) in [6.45, 7) is 12.9. The van der Waals surface area contributed by atoms with Crippen LogP contribution in [0.4, 0.5) is 0 Å². The van der Waals surface area contributed by atoms with E-state index in [1.54, 1.807) is 0 Å². The zero-order valence-corrected chi connectivity index (χ0v) is 18.6. The number of allylic oxidation sites excluding steroid dienone is 1. The van der Waals surface area contributed by atoms with E-state index in [4.69, 9.17) is 4.74 Å². The third kappa shape index (κ3) is 2.82. The van der Waals surface area contributed by atoms with Crippen molar-refractivity contribution >= 4 is 11.8 Å². The van der Waals surface area contributed by atoms with Crippen LogP contribution in [0.2, 0.25) is 0 Å². The number of ketones is 1. The first kappa shape index (κ1) is 20.2. The molecule has 0 aromatic heterocycles. The molecule has 4 aliphatic rings. The van der Waals surface area contributed by atoms with Crippen molar-refractivity contribution in [2.75, 3.05) is 0 Å². The van der Waals surface area contributed by atoms with Crippen molar-refractivity contribution < 1.29 is 14.3 Å². The van der Waals surface area contributed by atoms with E-state index in [-0.39, 0.29) is 34.2 Å². The second-order valence-electron chi connectivity index (χ2n) is 11.5. The Morgan fingerprint density at radius 2 is 1.75 bits per heavy atom. The molecule has 4 aliphatic carbocycles. The summed E-state index contributed by atoms with van der Waals surface area (Å²) in [6, 6.07) is 0. The monoisotopic (exact) mass is 386 g/mol. The number of carbonyl (C=O) groups excluding carboxylic acids is 2. The van der Waals surface area contributed by atoms with E-state index in [0.29, 0.717) is 23.5 Å². The highest BCUT2D eigenvalue weighted by molar-refractivity contribution is 5.80. The van der Waals surface area contributed by atoms with Gasteiger partial charge >= 0.3 is 5.97 Å². The van der Waals surface area contributed by atoms with E-state index < -0.39 is 0 Å². The van der Waals surface area contributed by atoms with Crippen molar-refractivity contribution in [3.8, 4) is 0 Å². The molecule has 3 saturated carbocycles. The number of hydrogen-bond donors (Lipinski definition) is 0. The standard InChI is InChI=1S/C25H38O3/c1-15(26)22-23(3,4)14-21-19-8-7-17-13-18(28-16(2)27)9-11-24(17,5)20(19)10-12-25(21,22)6/h7,18-22H,8-14H2,1-6H3/t18?,19?,20?,21?,22-,24-,25-/m0/s1. The maximum Gasteiger partial charge on any atom is 0.302 e. The first-order chi connectivity index (χ1) is 13.0.